The van der Waals surface area contributed by atoms with Crippen molar-refractivity contribution >= 4 is 27.3 Å². The van der Waals surface area contributed by atoms with E-state index in [2.05, 4.69) is 5.32 Å². The van der Waals surface area contributed by atoms with Crippen molar-refractivity contribution < 1.29 is 22.4 Å². The SMILES string of the molecule is O=C(NC[C@H](c1ccco1)S(=O)(=O)c1cccs1)Oc1ccccc1. The molecule has 3 aromatic rings. The van der Waals surface area contributed by atoms with Crippen LogP contribution in [0.15, 0.2) is 74.9 Å². The van der Waals surface area contributed by atoms with Crippen LogP contribution in [0.5, 0.6) is 5.75 Å². The van der Waals surface area contributed by atoms with Crippen LogP contribution in [0.25, 0.3) is 0 Å². The standard InChI is InChI=1S/C17H15NO5S2/c19-17(23-13-6-2-1-3-7-13)18-12-15(14-8-4-10-22-14)25(20,21)16-9-5-11-24-16/h1-11,15H,12H2,(H,18,19)/t15-/m1/s1. The monoisotopic (exact) mass is 377 g/mol. The maximum Gasteiger partial charge on any atom is 0.412 e. The van der Waals surface area contributed by atoms with E-state index < -0.39 is 21.2 Å². The van der Waals surface area contributed by atoms with Crippen LogP contribution in [0, 0.1) is 0 Å². The maximum atomic E-state index is 12.8. The highest BCUT2D eigenvalue weighted by atomic mass is 32.2. The Kier molecular flexibility index (Phi) is 5.20. The Morgan fingerprint density at radius 2 is 1.92 bits per heavy atom. The lowest BCUT2D eigenvalue weighted by atomic mass is 10.3. The van der Waals surface area contributed by atoms with Gasteiger partial charge in [0.2, 0.25) is 0 Å². The molecule has 0 saturated heterocycles. The molecule has 2 heterocycles. The van der Waals surface area contributed by atoms with Crippen LogP contribution in [0.4, 0.5) is 4.79 Å². The highest BCUT2D eigenvalue weighted by molar-refractivity contribution is 7.93. The van der Waals surface area contributed by atoms with Crippen LogP contribution in [0.2, 0.25) is 0 Å². The second kappa shape index (κ2) is 7.54. The first-order valence-corrected chi connectivity index (χ1v) is 9.81. The molecule has 1 atom stereocenters. The van der Waals surface area contributed by atoms with Gasteiger partial charge in [-0.2, -0.15) is 0 Å². The van der Waals surface area contributed by atoms with E-state index in [4.69, 9.17) is 9.15 Å². The van der Waals surface area contributed by atoms with Crippen LogP contribution in [-0.4, -0.2) is 21.1 Å². The van der Waals surface area contributed by atoms with Crippen molar-refractivity contribution in [1.82, 2.24) is 5.32 Å². The summed E-state index contributed by atoms with van der Waals surface area (Å²) in [5, 5.41) is 3.14. The van der Waals surface area contributed by atoms with Crippen molar-refractivity contribution in [3.8, 4) is 5.75 Å². The minimum Gasteiger partial charge on any atom is -0.468 e. The molecule has 8 heteroatoms. The van der Waals surface area contributed by atoms with Gasteiger partial charge in [-0.25, -0.2) is 13.2 Å². The normalized spacial score (nSPS) is 12.5. The van der Waals surface area contributed by atoms with E-state index in [0.29, 0.717) is 5.75 Å². The number of hydrogen-bond donors (Lipinski definition) is 1. The molecule has 3 rings (SSSR count). The van der Waals surface area contributed by atoms with Gasteiger partial charge >= 0.3 is 6.09 Å². The predicted octanol–water partition coefficient (Wildman–Crippen LogP) is 3.64. The van der Waals surface area contributed by atoms with E-state index in [1.165, 1.54) is 12.3 Å². The van der Waals surface area contributed by atoms with Gasteiger partial charge in [-0.3, -0.25) is 0 Å². The van der Waals surface area contributed by atoms with Gasteiger partial charge in [-0.1, -0.05) is 24.3 Å². The van der Waals surface area contributed by atoms with Gasteiger partial charge < -0.3 is 14.5 Å². The fourth-order valence-electron chi connectivity index (χ4n) is 2.21. The number of furan rings is 1. The zero-order valence-electron chi connectivity index (χ0n) is 13.0. The fraction of sp³-hybridized carbons (Fsp3) is 0.118. The fourth-order valence-corrected chi connectivity index (χ4v) is 5.00. The van der Waals surface area contributed by atoms with E-state index in [-0.39, 0.29) is 16.5 Å². The first kappa shape index (κ1) is 17.2. The second-order valence-corrected chi connectivity index (χ2v) is 8.37. The summed E-state index contributed by atoms with van der Waals surface area (Å²) < 4.78 is 36.2. The summed E-state index contributed by atoms with van der Waals surface area (Å²) in [5.41, 5.74) is 0. The molecule has 0 spiro atoms. The molecule has 25 heavy (non-hydrogen) atoms. The van der Waals surface area contributed by atoms with E-state index in [1.807, 2.05) is 0 Å². The Morgan fingerprint density at radius 1 is 1.12 bits per heavy atom. The Balaban J connectivity index is 1.74. The summed E-state index contributed by atoms with van der Waals surface area (Å²) in [6.07, 6.45) is 0.665. The van der Waals surface area contributed by atoms with Gasteiger partial charge in [0, 0.05) is 6.54 Å². The maximum absolute atomic E-state index is 12.8. The lowest BCUT2D eigenvalue weighted by molar-refractivity contribution is 0.200. The van der Waals surface area contributed by atoms with Gasteiger partial charge in [0.1, 0.15) is 21.0 Å². The summed E-state index contributed by atoms with van der Waals surface area (Å²) in [5.74, 6) is 0.629. The van der Waals surface area contributed by atoms with Gasteiger partial charge in [-0.05, 0) is 35.7 Å². The van der Waals surface area contributed by atoms with E-state index in [1.54, 1.807) is 53.9 Å². The van der Waals surface area contributed by atoms with E-state index >= 15 is 0 Å². The van der Waals surface area contributed by atoms with E-state index in [9.17, 15) is 13.2 Å². The molecule has 0 fully saturated rings. The number of sulfone groups is 1. The zero-order chi connectivity index (χ0) is 17.7. The van der Waals surface area contributed by atoms with Crippen LogP contribution in [0.3, 0.4) is 0 Å². The topological polar surface area (TPSA) is 85.6 Å². The third kappa shape index (κ3) is 4.09. The smallest absolute Gasteiger partial charge is 0.412 e. The lowest BCUT2D eigenvalue weighted by Crippen LogP contribution is -2.33. The van der Waals surface area contributed by atoms with Gasteiger partial charge in [0.15, 0.2) is 9.84 Å². The Hall–Kier alpha value is -2.58. The molecule has 0 aliphatic carbocycles. The lowest BCUT2D eigenvalue weighted by Gasteiger charge is -2.15. The quantitative estimate of drug-likeness (QED) is 0.709. The molecule has 2 aromatic heterocycles. The van der Waals surface area contributed by atoms with Crippen molar-refractivity contribution in [1.29, 1.82) is 0 Å². The minimum atomic E-state index is -3.69. The molecular formula is C17H15NO5S2. The summed E-state index contributed by atoms with van der Waals surface area (Å²) in [6.45, 7) is -0.167. The molecule has 1 amide bonds. The number of para-hydroxylation sites is 1. The highest BCUT2D eigenvalue weighted by Crippen LogP contribution is 2.31. The van der Waals surface area contributed by atoms with Crippen LogP contribution in [-0.2, 0) is 9.84 Å². The first-order valence-electron chi connectivity index (χ1n) is 7.39. The van der Waals surface area contributed by atoms with Crippen LogP contribution >= 0.6 is 11.3 Å². The van der Waals surface area contributed by atoms with Gasteiger partial charge in [0.05, 0.1) is 6.26 Å². The molecule has 1 N–H and O–H groups in total. The molecule has 0 aliphatic rings. The average molecular weight is 377 g/mol. The molecule has 6 nitrogen and oxygen atoms in total. The van der Waals surface area contributed by atoms with Crippen molar-refractivity contribution in [2.45, 2.75) is 9.46 Å². The number of carbonyl (C=O) groups is 1. The molecule has 0 aliphatic heterocycles. The number of benzene rings is 1. The molecule has 1 aromatic carbocycles. The summed E-state index contributed by atoms with van der Waals surface area (Å²) in [7, 11) is -3.69. The zero-order valence-corrected chi connectivity index (χ0v) is 14.6. The Labute approximate surface area is 149 Å². The minimum absolute atomic E-state index is 0.167. The first-order chi connectivity index (χ1) is 12.1. The third-order valence-electron chi connectivity index (χ3n) is 3.40. The molecular weight excluding hydrogens is 362 g/mol. The number of nitrogens with one attached hydrogen (secondary N) is 1. The molecule has 0 bridgehead atoms. The van der Waals surface area contributed by atoms with E-state index in [0.717, 1.165) is 11.3 Å². The predicted molar refractivity (Wildman–Crippen MR) is 93.4 cm³/mol. The number of amides is 1. The molecule has 130 valence electrons. The third-order valence-corrected chi connectivity index (χ3v) is 6.89. The van der Waals surface area contributed by atoms with Gasteiger partial charge in [0.25, 0.3) is 0 Å². The summed E-state index contributed by atoms with van der Waals surface area (Å²) >= 11 is 1.12. The Bertz CT molecular complexity index is 903. The number of carbonyl (C=O) groups excluding carboxylic acids is 1. The summed E-state index contributed by atoms with van der Waals surface area (Å²) in [6, 6.07) is 14.9. The van der Waals surface area contributed by atoms with Crippen molar-refractivity contribution in [2.75, 3.05) is 6.54 Å². The van der Waals surface area contributed by atoms with Gasteiger partial charge in [-0.15, -0.1) is 11.3 Å². The van der Waals surface area contributed by atoms with Crippen LogP contribution < -0.4 is 10.1 Å². The number of rotatable bonds is 6. The van der Waals surface area contributed by atoms with Crippen molar-refractivity contribution in [3.05, 3.63) is 72.0 Å². The molecule has 0 unspecified atom stereocenters. The number of ether oxygens (including phenoxy) is 1. The second-order valence-electron chi connectivity index (χ2n) is 5.06. The highest BCUT2D eigenvalue weighted by Gasteiger charge is 2.32. The number of thiophene rings is 1. The molecule has 0 saturated carbocycles. The van der Waals surface area contributed by atoms with Crippen molar-refractivity contribution in [3.63, 3.8) is 0 Å². The Morgan fingerprint density at radius 3 is 2.56 bits per heavy atom. The summed E-state index contributed by atoms with van der Waals surface area (Å²) in [4.78, 5) is 11.9. The largest absolute Gasteiger partial charge is 0.468 e. The molecule has 0 radical (unpaired) electrons. The van der Waals surface area contributed by atoms with Crippen molar-refractivity contribution in [2.24, 2.45) is 0 Å². The number of hydrogen-bond acceptors (Lipinski definition) is 6. The van der Waals surface area contributed by atoms with Crippen LogP contribution in [0.1, 0.15) is 11.0 Å². The average Bonchev–Trinajstić information content (AvgIpc) is 3.30.